The van der Waals surface area contributed by atoms with Crippen LogP contribution in [0, 0.1) is 22.0 Å². The van der Waals surface area contributed by atoms with E-state index in [0.717, 1.165) is 19.3 Å². The van der Waals surface area contributed by atoms with Crippen LogP contribution in [0.3, 0.4) is 0 Å². The van der Waals surface area contributed by atoms with Gasteiger partial charge in [0.25, 0.3) is 5.69 Å². The van der Waals surface area contributed by atoms with Crippen LogP contribution in [0.15, 0.2) is 40.9 Å². The summed E-state index contributed by atoms with van der Waals surface area (Å²) < 4.78 is 11.5. The fraction of sp³-hybridized carbons (Fsp3) is 0.464. The van der Waals surface area contributed by atoms with Crippen LogP contribution in [-0.2, 0) is 20.8 Å². The van der Waals surface area contributed by atoms with Gasteiger partial charge in [-0.2, -0.15) is 0 Å². The number of hydrogen-bond donors (Lipinski definition) is 2. The number of carbonyl (C=O) groups excluding carboxylic acids is 2. The van der Waals surface area contributed by atoms with Gasteiger partial charge >= 0.3 is 5.97 Å². The van der Waals surface area contributed by atoms with E-state index in [0.29, 0.717) is 39.9 Å². The highest BCUT2D eigenvalue weighted by molar-refractivity contribution is 9.10. The third-order valence-electron chi connectivity index (χ3n) is 8.45. The number of nitrogens with one attached hydrogen (secondary N) is 1. The van der Waals surface area contributed by atoms with Crippen molar-refractivity contribution in [2.45, 2.75) is 56.1 Å². The Morgan fingerprint density at radius 1 is 1.12 bits per heavy atom. The minimum Gasteiger partial charge on any atom is -0.493 e. The van der Waals surface area contributed by atoms with Crippen LogP contribution in [0.4, 0.5) is 5.69 Å². The largest absolute Gasteiger partial charge is 0.493 e. The van der Waals surface area contributed by atoms with Crippen molar-refractivity contribution in [3.05, 3.63) is 62.1 Å². The maximum Gasteiger partial charge on any atom is 0.325 e. The van der Waals surface area contributed by atoms with E-state index in [-0.39, 0.29) is 24.1 Å². The molecular weight excluding hydrogens is 586 g/mol. The third kappa shape index (κ3) is 4.52. The molecule has 2 heterocycles. The topological polar surface area (TPSA) is 148 Å². The number of nitro benzene ring substituents is 1. The number of amides is 2. The molecule has 2 saturated heterocycles. The van der Waals surface area contributed by atoms with Gasteiger partial charge < -0.3 is 14.6 Å². The molecule has 1 aliphatic carbocycles. The first kappa shape index (κ1) is 28.0. The van der Waals surface area contributed by atoms with Gasteiger partial charge in [-0.25, -0.2) is 0 Å². The van der Waals surface area contributed by atoms with Crippen molar-refractivity contribution in [3.8, 4) is 11.5 Å². The molecule has 3 fully saturated rings. The van der Waals surface area contributed by atoms with E-state index in [4.69, 9.17) is 9.47 Å². The molecule has 12 heteroatoms. The van der Waals surface area contributed by atoms with Gasteiger partial charge in [0.05, 0.1) is 35.5 Å². The van der Waals surface area contributed by atoms with Crippen molar-refractivity contribution in [1.29, 1.82) is 0 Å². The minimum atomic E-state index is -1.83. The van der Waals surface area contributed by atoms with Gasteiger partial charge in [-0.3, -0.25) is 34.7 Å². The molecule has 5 rings (SSSR count). The van der Waals surface area contributed by atoms with Crippen LogP contribution in [0.2, 0.25) is 0 Å². The van der Waals surface area contributed by atoms with E-state index >= 15 is 0 Å². The van der Waals surface area contributed by atoms with Crippen molar-refractivity contribution < 1.29 is 33.9 Å². The summed E-state index contributed by atoms with van der Waals surface area (Å²) in [6, 6.07) is 7.92. The summed E-state index contributed by atoms with van der Waals surface area (Å²) in [5, 5.41) is 25.1. The number of likely N-dealkylation sites (tertiary alicyclic amines) is 1. The molecule has 1 saturated carbocycles. The lowest BCUT2D eigenvalue weighted by molar-refractivity contribution is -0.384. The molecule has 4 atom stereocenters. The van der Waals surface area contributed by atoms with Crippen LogP contribution in [-0.4, -0.2) is 58.5 Å². The number of non-ortho nitro benzene ring substituents is 1. The first-order chi connectivity index (χ1) is 19.1. The van der Waals surface area contributed by atoms with E-state index in [2.05, 4.69) is 21.2 Å². The number of imide groups is 1. The summed E-state index contributed by atoms with van der Waals surface area (Å²) in [5.74, 6) is -3.45. The van der Waals surface area contributed by atoms with E-state index in [1.54, 1.807) is 12.1 Å². The Labute approximate surface area is 239 Å². The quantitative estimate of drug-likeness (QED) is 0.255. The van der Waals surface area contributed by atoms with Crippen molar-refractivity contribution in [3.63, 3.8) is 0 Å². The van der Waals surface area contributed by atoms with Gasteiger partial charge in [0, 0.05) is 30.6 Å². The second-order valence-corrected chi connectivity index (χ2v) is 11.4. The second-order valence-electron chi connectivity index (χ2n) is 10.6. The van der Waals surface area contributed by atoms with E-state index < -0.39 is 40.2 Å². The zero-order chi connectivity index (χ0) is 28.8. The van der Waals surface area contributed by atoms with Crippen LogP contribution in [0.5, 0.6) is 11.5 Å². The molecule has 4 unspecified atom stereocenters. The fourth-order valence-corrected chi connectivity index (χ4v) is 7.24. The number of benzene rings is 2. The molecule has 0 radical (unpaired) electrons. The number of ether oxygens (including phenoxy) is 2. The zero-order valence-electron chi connectivity index (χ0n) is 22.1. The number of aliphatic carboxylic acids is 1. The number of nitrogens with zero attached hydrogens (tertiary/aromatic N) is 2. The number of halogens is 1. The Bertz CT molecular complexity index is 1360. The smallest absolute Gasteiger partial charge is 0.325 e. The number of methoxy groups -OCH3 is 2. The summed E-state index contributed by atoms with van der Waals surface area (Å²) in [7, 11) is 2.97. The zero-order valence-corrected chi connectivity index (χ0v) is 23.7. The van der Waals surface area contributed by atoms with Gasteiger partial charge in [-0.1, -0.05) is 31.4 Å². The first-order valence-corrected chi connectivity index (χ1v) is 13.9. The van der Waals surface area contributed by atoms with E-state index in [9.17, 15) is 29.6 Å². The summed E-state index contributed by atoms with van der Waals surface area (Å²) >= 11 is 3.48. The van der Waals surface area contributed by atoms with Crippen molar-refractivity contribution >= 4 is 39.4 Å². The van der Waals surface area contributed by atoms with Crippen LogP contribution in [0.1, 0.15) is 49.3 Å². The highest BCUT2D eigenvalue weighted by Crippen LogP contribution is 2.52. The summed E-state index contributed by atoms with van der Waals surface area (Å²) in [6.07, 6.45) is 4.06. The fourth-order valence-electron chi connectivity index (χ4n) is 6.62. The van der Waals surface area contributed by atoms with Crippen LogP contribution in [0.25, 0.3) is 0 Å². The van der Waals surface area contributed by atoms with Gasteiger partial charge in [0.2, 0.25) is 11.8 Å². The number of nitro groups is 1. The highest BCUT2D eigenvalue weighted by atomic mass is 79.9. The standard InChI is InChI=1S/C28H30BrN3O8/c1-39-20-13-16(12-19(29)24(20)40-2)23-21-22(26(34)31(25(21)33)17-6-4-3-5-7-17)28(30-23,27(35)36)14-15-8-10-18(11-9-15)32(37)38/h8-13,17,21-23,30H,3-7,14H2,1-2H3,(H,35,36). The number of rotatable bonds is 8. The van der Waals surface area contributed by atoms with Crippen molar-refractivity contribution in [2.24, 2.45) is 11.8 Å². The Kier molecular flexibility index (Phi) is 7.58. The molecule has 212 valence electrons. The maximum absolute atomic E-state index is 14.1. The number of hydrogen-bond acceptors (Lipinski definition) is 8. The number of carboxylic acid groups (broad SMARTS) is 1. The molecule has 2 aliphatic heterocycles. The molecule has 0 spiro atoms. The highest BCUT2D eigenvalue weighted by Gasteiger charge is 2.69. The van der Waals surface area contributed by atoms with Crippen LogP contribution >= 0.6 is 15.9 Å². The predicted molar refractivity (Wildman–Crippen MR) is 146 cm³/mol. The average molecular weight is 616 g/mol. The molecule has 11 nitrogen and oxygen atoms in total. The Morgan fingerprint density at radius 2 is 1.80 bits per heavy atom. The Hall–Kier alpha value is -3.51. The Morgan fingerprint density at radius 3 is 2.38 bits per heavy atom. The van der Waals surface area contributed by atoms with Gasteiger partial charge in [0.15, 0.2) is 11.5 Å². The summed E-state index contributed by atoms with van der Waals surface area (Å²) in [4.78, 5) is 53.2. The van der Waals surface area contributed by atoms with E-state index in [1.165, 1.54) is 43.4 Å². The number of carboxylic acids is 1. The van der Waals surface area contributed by atoms with Gasteiger partial charge in [-0.05, 0) is 52.0 Å². The lowest BCUT2D eigenvalue weighted by Gasteiger charge is -2.34. The molecule has 0 aromatic heterocycles. The molecule has 2 aromatic rings. The monoisotopic (exact) mass is 615 g/mol. The lowest BCUT2D eigenvalue weighted by atomic mass is 9.76. The van der Waals surface area contributed by atoms with Crippen molar-refractivity contribution in [1.82, 2.24) is 10.2 Å². The predicted octanol–water partition coefficient (Wildman–Crippen LogP) is 4.02. The number of fused-ring (bicyclic) bond motifs is 1. The Balaban J connectivity index is 1.63. The molecule has 2 amide bonds. The molecule has 2 N–H and O–H groups in total. The molecular formula is C28H30BrN3O8. The molecule has 3 aliphatic rings. The molecule has 0 bridgehead atoms. The van der Waals surface area contributed by atoms with Gasteiger partial charge in [0.1, 0.15) is 5.54 Å². The minimum absolute atomic E-state index is 0.131. The second kappa shape index (κ2) is 10.8. The van der Waals surface area contributed by atoms with Gasteiger partial charge in [-0.15, -0.1) is 0 Å². The summed E-state index contributed by atoms with van der Waals surface area (Å²) in [6.45, 7) is 0. The SMILES string of the molecule is COc1cc(C2NC(Cc3ccc([N+](=O)[O-])cc3)(C(=O)O)C3C(=O)N(C4CCCCC4)C(=O)C23)cc(Br)c1OC. The third-order valence-corrected chi connectivity index (χ3v) is 9.04. The average Bonchev–Trinajstić information content (AvgIpc) is 3.42. The normalized spacial score (nSPS) is 26.6. The molecule has 2 aromatic carbocycles. The number of carbonyl (C=O) groups is 3. The first-order valence-electron chi connectivity index (χ1n) is 13.2. The maximum atomic E-state index is 14.1. The summed E-state index contributed by atoms with van der Waals surface area (Å²) in [5.41, 5.74) is -0.905. The van der Waals surface area contributed by atoms with E-state index in [1.807, 2.05) is 0 Å². The lowest BCUT2D eigenvalue weighted by Crippen LogP contribution is -2.58. The van der Waals surface area contributed by atoms with Crippen LogP contribution < -0.4 is 14.8 Å². The van der Waals surface area contributed by atoms with Crippen molar-refractivity contribution in [2.75, 3.05) is 14.2 Å². The molecule has 40 heavy (non-hydrogen) atoms.